The predicted octanol–water partition coefficient (Wildman–Crippen LogP) is 6.12. The highest BCUT2D eigenvalue weighted by Crippen LogP contribution is 2.32. The van der Waals surface area contributed by atoms with Gasteiger partial charge in [-0.15, -0.1) is 0 Å². The fourth-order valence-electron chi connectivity index (χ4n) is 3.21. The number of anilines is 1. The second-order valence-electron chi connectivity index (χ2n) is 9.25. The first kappa shape index (κ1) is 23.9. The molecule has 2 aromatic carbocycles. The lowest BCUT2D eigenvalue weighted by Gasteiger charge is -2.26. The third-order valence-electron chi connectivity index (χ3n) is 4.79. The summed E-state index contributed by atoms with van der Waals surface area (Å²) in [5.74, 6) is 0.635. The van der Waals surface area contributed by atoms with E-state index in [0.717, 1.165) is 22.4 Å². The molecule has 0 saturated heterocycles. The Hall–Kier alpha value is -2.37. The maximum absolute atomic E-state index is 12.8. The van der Waals surface area contributed by atoms with Crippen molar-refractivity contribution in [3.05, 3.63) is 65.2 Å². The molecule has 0 aliphatic heterocycles. The summed E-state index contributed by atoms with van der Waals surface area (Å²) in [6, 6.07) is 15.8. The van der Waals surface area contributed by atoms with Crippen molar-refractivity contribution in [1.82, 2.24) is 10.8 Å². The number of urea groups is 1. The summed E-state index contributed by atoms with van der Waals surface area (Å²) < 4.78 is 0. The van der Waals surface area contributed by atoms with Crippen molar-refractivity contribution in [3.63, 3.8) is 0 Å². The Kier molecular flexibility index (Phi) is 8.44. The minimum absolute atomic E-state index is 0.166. The highest BCUT2D eigenvalue weighted by molar-refractivity contribution is 5.91. The molecule has 3 N–H and O–H groups in total. The smallest absolute Gasteiger partial charge is 0.319 e. The lowest BCUT2D eigenvalue weighted by Crippen LogP contribution is -2.40. The molecule has 0 aliphatic rings. The number of hydrogen-bond acceptors (Lipinski definition) is 3. The monoisotopic (exact) mass is 411 g/mol. The van der Waals surface area contributed by atoms with Crippen LogP contribution < -0.4 is 16.1 Å². The quantitative estimate of drug-likeness (QED) is 0.459. The number of carbonyl (C=O) groups is 1. The molecule has 2 amide bonds. The van der Waals surface area contributed by atoms with Gasteiger partial charge in [0.25, 0.3) is 0 Å². The first-order valence-corrected chi connectivity index (χ1v) is 10.7. The molecule has 0 aromatic heterocycles. The molecule has 5 nitrogen and oxygen atoms in total. The van der Waals surface area contributed by atoms with E-state index >= 15 is 0 Å². The maximum Gasteiger partial charge on any atom is 0.319 e. The third kappa shape index (κ3) is 7.15. The van der Waals surface area contributed by atoms with Crippen LogP contribution in [0.1, 0.15) is 83.0 Å². The van der Waals surface area contributed by atoms with Crippen molar-refractivity contribution in [2.24, 2.45) is 0 Å². The van der Waals surface area contributed by atoms with Gasteiger partial charge in [0.2, 0.25) is 0 Å². The van der Waals surface area contributed by atoms with E-state index < -0.39 is 0 Å². The normalized spacial score (nSPS) is 12.8. The van der Waals surface area contributed by atoms with E-state index in [9.17, 15) is 4.79 Å². The van der Waals surface area contributed by atoms with Crippen LogP contribution in [0.3, 0.4) is 0 Å². The van der Waals surface area contributed by atoms with E-state index in [0.29, 0.717) is 18.4 Å². The second-order valence-corrected chi connectivity index (χ2v) is 9.25. The number of hydrogen-bond donors (Lipinski definition) is 3. The van der Waals surface area contributed by atoms with Gasteiger partial charge in [-0.1, -0.05) is 76.2 Å². The highest BCUT2D eigenvalue weighted by atomic mass is 16.7. The summed E-state index contributed by atoms with van der Waals surface area (Å²) in [4.78, 5) is 18.6. The van der Waals surface area contributed by atoms with Crippen LogP contribution in [0.2, 0.25) is 0 Å². The fourth-order valence-corrected chi connectivity index (χ4v) is 3.21. The molecule has 0 aliphatic carbocycles. The number of nitrogens with one attached hydrogen (secondary N) is 3. The Morgan fingerprint density at radius 2 is 1.47 bits per heavy atom. The van der Waals surface area contributed by atoms with Crippen LogP contribution in [0.25, 0.3) is 0 Å². The lowest BCUT2D eigenvalue weighted by molar-refractivity contribution is -0.0884. The van der Waals surface area contributed by atoms with Crippen molar-refractivity contribution in [2.75, 3.05) is 11.9 Å². The van der Waals surface area contributed by atoms with E-state index in [1.807, 2.05) is 51.1 Å². The molecular weight excluding hydrogens is 374 g/mol. The first-order valence-electron chi connectivity index (χ1n) is 10.7. The summed E-state index contributed by atoms with van der Waals surface area (Å²) in [5.41, 5.74) is 7.02. The van der Waals surface area contributed by atoms with Crippen LogP contribution in [-0.2, 0) is 4.84 Å². The van der Waals surface area contributed by atoms with E-state index in [1.165, 1.54) is 0 Å². The van der Waals surface area contributed by atoms with E-state index in [4.69, 9.17) is 4.84 Å². The average Bonchev–Trinajstić information content (AvgIpc) is 2.67. The van der Waals surface area contributed by atoms with E-state index in [1.54, 1.807) is 0 Å². The minimum Gasteiger partial charge on any atom is -0.336 e. The van der Waals surface area contributed by atoms with Crippen LogP contribution in [-0.4, -0.2) is 18.2 Å². The first-order chi connectivity index (χ1) is 14.1. The molecule has 0 saturated carbocycles. The Balaban J connectivity index is 2.13. The second kappa shape index (κ2) is 10.6. The zero-order valence-corrected chi connectivity index (χ0v) is 19.4. The standard InChI is InChI=1S/C25H37N3O2/c1-17(2)20-14-11-15-21(18(3)4)23(20)27-24(29)26-16-22(28-30-25(5,6)7)19-12-9-8-10-13-19/h8-15,17-18,22,28H,16H2,1-7H3,(H2,26,27,29). The summed E-state index contributed by atoms with van der Waals surface area (Å²) in [7, 11) is 0. The number of hydroxylamine groups is 1. The van der Waals surface area contributed by atoms with Crippen molar-refractivity contribution >= 4 is 11.7 Å². The predicted molar refractivity (Wildman–Crippen MR) is 125 cm³/mol. The largest absolute Gasteiger partial charge is 0.336 e. The number of rotatable bonds is 8. The van der Waals surface area contributed by atoms with E-state index in [-0.39, 0.29) is 17.7 Å². The topological polar surface area (TPSA) is 62.4 Å². The van der Waals surface area contributed by atoms with Gasteiger partial charge in [0.1, 0.15) is 0 Å². The van der Waals surface area contributed by atoms with Gasteiger partial charge in [0, 0.05) is 12.2 Å². The molecule has 1 unspecified atom stereocenters. The molecule has 0 spiro atoms. The Bertz CT molecular complexity index is 785. The summed E-state index contributed by atoms with van der Waals surface area (Å²) in [5, 5.41) is 6.11. The molecular formula is C25H37N3O2. The van der Waals surface area contributed by atoms with Crippen molar-refractivity contribution in [3.8, 4) is 0 Å². The van der Waals surface area contributed by atoms with Crippen molar-refractivity contribution in [1.29, 1.82) is 0 Å². The summed E-state index contributed by atoms with van der Waals surface area (Å²) >= 11 is 0. The zero-order chi connectivity index (χ0) is 22.3. The van der Waals surface area contributed by atoms with E-state index in [2.05, 4.69) is 62.0 Å². The van der Waals surface area contributed by atoms with Gasteiger partial charge < -0.3 is 10.6 Å². The highest BCUT2D eigenvalue weighted by Gasteiger charge is 2.19. The van der Waals surface area contributed by atoms with Crippen LogP contribution in [0.15, 0.2) is 48.5 Å². The van der Waals surface area contributed by atoms with Crippen molar-refractivity contribution < 1.29 is 9.63 Å². The molecule has 164 valence electrons. The summed E-state index contributed by atoms with van der Waals surface area (Å²) in [6.45, 7) is 14.9. The number of para-hydroxylation sites is 1. The van der Waals surface area contributed by atoms with Crippen LogP contribution in [0.4, 0.5) is 10.5 Å². The van der Waals surface area contributed by atoms with Gasteiger partial charge in [-0.05, 0) is 49.3 Å². The minimum atomic E-state index is -0.336. The van der Waals surface area contributed by atoms with Crippen LogP contribution in [0.5, 0.6) is 0 Å². The van der Waals surface area contributed by atoms with Crippen LogP contribution in [0, 0.1) is 0 Å². The molecule has 5 heteroatoms. The molecule has 2 rings (SSSR count). The fraction of sp³-hybridized carbons (Fsp3) is 0.480. The van der Waals surface area contributed by atoms with Gasteiger partial charge in [0.05, 0.1) is 11.6 Å². The number of amides is 2. The number of carbonyl (C=O) groups excluding carboxylic acids is 1. The molecule has 0 radical (unpaired) electrons. The molecule has 0 heterocycles. The van der Waals surface area contributed by atoms with Gasteiger partial charge in [0.15, 0.2) is 0 Å². The molecule has 1 atom stereocenters. The Morgan fingerprint density at radius 1 is 0.900 bits per heavy atom. The molecule has 0 fully saturated rings. The zero-order valence-electron chi connectivity index (χ0n) is 19.4. The van der Waals surface area contributed by atoms with Gasteiger partial charge in [-0.3, -0.25) is 4.84 Å². The average molecular weight is 412 g/mol. The van der Waals surface area contributed by atoms with Crippen LogP contribution >= 0.6 is 0 Å². The Morgan fingerprint density at radius 3 is 1.97 bits per heavy atom. The third-order valence-corrected chi connectivity index (χ3v) is 4.79. The maximum atomic E-state index is 12.8. The van der Waals surface area contributed by atoms with Crippen molar-refractivity contribution in [2.45, 2.75) is 71.9 Å². The lowest BCUT2D eigenvalue weighted by atomic mass is 9.93. The van der Waals surface area contributed by atoms with Gasteiger partial charge >= 0.3 is 6.03 Å². The molecule has 30 heavy (non-hydrogen) atoms. The molecule has 2 aromatic rings. The van der Waals surface area contributed by atoms with Gasteiger partial charge in [-0.2, -0.15) is 5.48 Å². The number of benzene rings is 2. The molecule has 0 bridgehead atoms. The Labute approximate surface area is 181 Å². The SMILES string of the molecule is CC(C)c1cccc(C(C)C)c1NC(=O)NCC(NOC(C)(C)C)c1ccccc1. The summed E-state index contributed by atoms with van der Waals surface area (Å²) in [6.07, 6.45) is 0. The van der Waals surface area contributed by atoms with Gasteiger partial charge in [-0.25, -0.2) is 4.79 Å².